The highest BCUT2D eigenvalue weighted by Crippen LogP contribution is 2.44. The molecule has 0 radical (unpaired) electrons. The molecule has 0 nitrogen and oxygen atoms in total. The fourth-order valence-corrected chi connectivity index (χ4v) is 3.38. The molecule has 0 saturated heterocycles. The van der Waals surface area contributed by atoms with E-state index in [2.05, 4.69) is 0 Å². The van der Waals surface area contributed by atoms with Gasteiger partial charge in [-0.05, 0) is 11.5 Å². The van der Waals surface area contributed by atoms with E-state index in [1.807, 2.05) is 0 Å². The third kappa shape index (κ3) is 2.61. The third-order valence-corrected chi connectivity index (χ3v) is 4.78. The van der Waals surface area contributed by atoms with Crippen LogP contribution >= 0.6 is 0 Å². The molecule has 0 atom stereocenters. The van der Waals surface area contributed by atoms with E-state index in [0.717, 1.165) is 0 Å². The second-order valence-electron chi connectivity index (χ2n) is 6.42. The lowest BCUT2D eigenvalue weighted by molar-refractivity contribution is 0.410. The highest BCUT2D eigenvalue weighted by molar-refractivity contribution is 6.07. The molecule has 12 heteroatoms. The Morgan fingerprint density at radius 2 is 0.719 bits per heavy atom. The normalized spacial score (nSPS) is 11.8. The van der Waals surface area contributed by atoms with E-state index in [1.54, 1.807) is 0 Å². The van der Waals surface area contributed by atoms with Crippen LogP contribution < -0.4 is 0 Å². The first kappa shape index (κ1) is 21.8. The van der Waals surface area contributed by atoms with Crippen LogP contribution in [0, 0.1) is 69.8 Å². The number of benzene rings is 4. The summed E-state index contributed by atoms with van der Waals surface area (Å²) in [5, 5.41) is -6.86. The van der Waals surface area contributed by atoms with Gasteiger partial charge < -0.3 is 0 Å². The molecule has 0 amide bonds. The molecule has 32 heavy (non-hydrogen) atoms. The topological polar surface area (TPSA) is 0 Å². The standard InChI is InChI=1S/C20H2F12/c21-4-2-1-3-5(11(23)17(29)12(24)6(3)10(4)22)7-8-9(15(27)18(30)13(7)25)16(28)20(32)19(31)14(8)26/h1-2H. The van der Waals surface area contributed by atoms with Crippen molar-refractivity contribution < 1.29 is 52.7 Å². The molecule has 0 heterocycles. The van der Waals surface area contributed by atoms with Gasteiger partial charge in [-0.25, -0.2) is 52.7 Å². The van der Waals surface area contributed by atoms with Gasteiger partial charge in [0.15, 0.2) is 69.8 Å². The van der Waals surface area contributed by atoms with Crippen LogP contribution in [0.3, 0.4) is 0 Å². The van der Waals surface area contributed by atoms with Crippen molar-refractivity contribution in [2.75, 3.05) is 0 Å². The first-order valence-electron chi connectivity index (χ1n) is 8.18. The van der Waals surface area contributed by atoms with Crippen LogP contribution in [0.15, 0.2) is 12.1 Å². The third-order valence-electron chi connectivity index (χ3n) is 4.78. The summed E-state index contributed by atoms with van der Waals surface area (Å²) in [5.41, 5.74) is -3.66. The smallest absolute Gasteiger partial charge is 0.198 e. The Morgan fingerprint density at radius 3 is 1.25 bits per heavy atom. The van der Waals surface area contributed by atoms with Crippen molar-refractivity contribution in [2.45, 2.75) is 0 Å². The van der Waals surface area contributed by atoms with Crippen LogP contribution in [0.4, 0.5) is 52.7 Å². The van der Waals surface area contributed by atoms with Crippen molar-refractivity contribution in [1.29, 1.82) is 0 Å². The molecule has 0 unspecified atom stereocenters. The zero-order valence-corrected chi connectivity index (χ0v) is 14.7. The number of rotatable bonds is 1. The molecule has 0 saturated carbocycles. The first-order chi connectivity index (χ1) is 14.9. The average molecular weight is 470 g/mol. The van der Waals surface area contributed by atoms with Crippen molar-refractivity contribution in [1.82, 2.24) is 0 Å². The van der Waals surface area contributed by atoms with Crippen molar-refractivity contribution >= 4 is 21.5 Å². The second-order valence-corrected chi connectivity index (χ2v) is 6.42. The molecular weight excluding hydrogens is 468 g/mol. The lowest BCUT2D eigenvalue weighted by atomic mass is 9.91. The van der Waals surface area contributed by atoms with Gasteiger partial charge in [-0.15, -0.1) is 0 Å². The molecule has 166 valence electrons. The molecule has 0 aliphatic heterocycles. The van der Waals surface area contributed by atoms with Gasteiger partial charge in [-0.2, -0.15) is 0 Å². The highest BCUT2D eigenvalue weighted by atomic mass is 19.2. The predicted molar refractivity (Wildman–Crippen MR) is 86.4 cm³/mol. The number of halogens is 12. The summed E-state index contributed by atoms with van der Waals surface area (Å²) in [6.07, 6.45) is 0. The van der Waals surface area contributed by atoms with Gasteiger partial charge in [0.05, 0.1) is 10.8 Å². The number of hydrogen-bond donors (Lipinski definition) is 0. The largest absolute Gasteiger partial charge is 0.204 e. The Morgan fingerprint density at radius 1 is 0.312 bits per heavy atom. The van der Waals surface area contributed by atoms with Crippen LogP contribution in [-0.4, -0.2) is 0 Å². The lowest BCUT2D eigenvalue weighted by Crippen LogP contribution is -2.08. The molecule has 0 aliphatic carbocycles. The minimum absolute atomic E-state index is 0.217. The maximum absolute atomic E-state index is 14.7. The quantitative estimate of drug-likeness (QED) is 0.155. The Balaban J connectivity index is 2.41. The van der Waals surface area contributed by atoms with Gasteiger partial charge in [0.1, 0.15) is 0 Å². The minimum Gasteiger partial charge on any atom is -0.204 e. The molecule has 0 N–H and O–H groups in total. The SMILES string of the molecule is Fc1ccc2c(-c3c(F)c(F)c(F)c4c(F)c(F)c(F)c(F)c34)c(F)c(F)c(F)c2c1F. The summed E-state index contributed by atoms with van der Waals surface area (Å²) in [7, 11) is 0. The van der Waals surface area contributed by atoms with Gasteiger partial charge in [-0.3, -0.25) is 0 Å². The summed E-state index contributed by atoms with van der Waals surface area (Å²) < 4.78 is 169. The fraction of sp³-hybridized carbons (Fsp3) is 0. The zero-order chi connectivity index (χ0) is 23.8. The predicted octanol–water partition coefficient (Wildman–Crippen LogP) is 7.33. The summed E-state index contributed by atoms with van der Waals surface area (Å²) in [4.78, 5) is 0. The fourth-order valence-electron chi connectivity index (χ4n) is 3.38. The molecule has 4 aromatic rings. The zero-order valence-electron chi connectivity index (χ0n) is 14.7. The van der Waals surface area contributed by atoms with Crippen molar-refractivity contribution in [3.05, 3.63) is 81.9 Å². The Bertz CT molecular complexity index is 1480. The van der Waals surface area contributed by atoms with E-state index in [-0.39, 0.29) is 6.07 Å². The summed E-state index contributed by atoms with van der Waals surface area (Å²) in [5.74, 6) is -29.5. The molecule has 0 aromatic heterocycles. The Kier molecular flexibility index (Phi) is 4.79. The minimum atomic E-state index is -2.66. The second kappa shape index (κ2) is 7.04. The Hall–Kier alpha value is -3.44. The van der Waals surface area contributed by atoms with Gasteiger partial charge in [0.2, 0.25) is 0 Å². The van der Waals surface area contributed by atoms with Crippen molar-refractivity contribution in [3.8, 4) is 11.1 Å². The van der Waals surface area contributed by atoms with E-state index >= 15 is 0 Å². The molecule has 0 aliphatic rings. The van der Waals surface area contributed by atoms with E-state index in [0.29, 0.717) is 6.07 Å². The van der Waals surface area contributed by atoms with E-state index in [9.17, 15) is 52.7 Å². The van der Waals surface area contributed by atoms with Crippen molar-refractivity contribution in [2.24, 2.45) is 0 Å². The van der Waals surface area contributed by atoms with Crippen LogP contribution in [0.1, 0.15) is 0 Å². The summed E-state index contributed by atoms with van der Waals surface area (Å²) in [6, 6.07) is 0.560. The van der Waals surface area contributed by atoms with Crippen molar-refractivity contribution in [3.63, 3.8) is 0 Å². The maximum atomic E-state index is 14.7. The average Bonchev–Trinajstić information content (AvgIpc) is 2.76. The monoisotopic (exact) mass is 470 g/mol. The first-order valence-corrected chi connectivity index (χ1v) is 8.18. The van der Waals surface area contributed by atoms with Crippen LogP contribution in [0.2, 0.25) is 0 Å². The highest BCUT2D eigenvalue weighted by Gasteiger charge is 2.34. The summed E-state index contributed by atoms with van der Waals surface area (Å²) >= 11 is 0. The molecule has 0 fully saturated rings. The number of fused-ring (bicyclic) bond motifs is 2. The maximum Gasteiger partial charge on any atom is 0.198 e. The van der Waals surface area contributed by atoms with Gasteiger partial charge in [0.25, 0.3) is 0 Å². The molecule has 4 rings (SSSR count). The lowest BCUT2D eigenvalue weighted by Gasteiger charge is -2.17. The number of hydrogen-bond acceptors (Lipinski definition) is 0. The Labute approximate surface area is 168 Å². The van der Waals surface area contributed by atoms with E-state index < -0.39 is 102 Å². The molecule has 0 bridgehead atoms. The van der Waals surface area contributed by atoms with E-state index in [1.165, 1.54) is 0 Å². The molecule has 4 aromatic carbocycles. The molecular formula is C20H2F12. The molecule has 0 spiro atoms. The van der Waals surface area contributed by atoms with Crippen LogP contribution in [-0.2, 0) is 0 Å². The van der Waals surface area contributed by atoms with Gasteiger partial charge >= 0.3 is 0 Å². The van der Waals surface area contributed by atoms with Crippen LogP contribution in [0.25, 0.3) is 32.7 Å². The van der Waals surface area contributed by atoms with E-state index in [4.69, 9.17) is 0 Å². The van der Waals surface area contributed by atoms with Gasteiger partial charge in [0, 0.05) is 16.5 Å². The van der Waals surface area contributed by atoms with Gasteiger partial charge in [-0.1, -0.05) is 6.07 Å². The summed E-state index contributed by atoms with van der Waals surface area (Å²) in [6.45, 7) is 0. The van der Waals surface area contributed by atoms with Crippen LogP contribution in [0.5, 0.6) is 0 Å².